The predicted octanol–water partition coefficient (Wildman–Crippen LogP) is 3.65. The van der Waals surface area contributed by atoms with E-state index in [9.17, 15) is 27.6 Å². The summed E-state index contributed by atoms with van der Waals surface area (Å²) in [6.45, 7) is 1.26. The van der Waals surface area contributed by atoms with Crippen molar-refractivity contribution in [3.8, 4) is 0 Å². The summed E-state index contributed by atoms with van der Waals surface area (Å²) in [5, 5.41) is 8.92. The van der Waals surface area contributed by atoms with Gasteiger partial charge in [-0.2, -0.15) is 13.2 Å². The molecular formula is C21H19F3N6O3S. The lowest BCUT2D eigenvalue weighted by Gasteiger charge is -2.31. The fourth-order valence-electron chi connectivity index (χ4n) is 4.46. The van der Waals surface area contributed by atoms with Crippen molar-refractivity contribution in [2.75, 3.05) is 10.6 Å². The zero-order valence-corrected chi connectivity index (χ0v) is 18.6. The summed E-state index contributed by atoms with van der Waals surface area (Å²) in [7, 11) is 0. The van der Waals surface area contributed by atoms with Crippen molar-refractivity contribution in [2.45, 2.75) is 50.5 Å². The number of amides is 2. The molecule has 178 valence electrons. The van der Waals surface area contributed by atoms with Crippen LogP contribution < -0.4 is 16.0 Å². The van der Waals surface area contributed by atoms with Gasteiger partial charge in [-0.25, -0.2) is 9.97 Å². The van der Waals surface area contributed by atoms with Gasteiger partial charge in [0.15, 0.2) is 10.9 Å². The molecule has 0 saturated heterocycles. The van der Waals surface area contributed by atoms with Crippen LogP contribution in [0.5, 0.6) is 0 Å². The summed E-state index contributed by atoms with van der Waals surface area (Å²) in [6, 6.07) is 4.33. The summed E-state index contributed by atoms with van der Waals surface area (Å²) < 4.78 is 44.2. The fraction of sp³-hybridized carbons (Fsp3) is 0.381. The summed E-state index contributed by atoms with van der Waals surface area (Å²) >= 11 is 1.10. The van der Waals surface area contributed by atoms with E-state index in [-0.39, 0.29) is 28.3 Å². The van der Waals surface area contributed by atoms with Crippen molar-refractivity contribution in [3.63, 3.8) is 0 Å². The normalized spacial score (nSPS) is 20.4. The van der Waals surface area contributed by atoms with E-state index in [1.54, 1.807) is 0 Å². The third-order valence-corrected chi connectivity index (χ3v) is 6.85. The van der Waals surface area contributed by atoms with E-state index < -0.39 is 35.4 Å². The Bertz CT molecular complexity index is 1330. The highest BCUT2D eigenvalue weighted by molar-refractivity contribution is 7.13. The van der Waals surface area contributed by atoms with Crippen molar-refractivity contribution >= 4 is 51.0 Å². The smallest absolute Gasteiger partial charge is 0.359 e. The molecule has 0 spiro atoms. The molecule has 3 aromatic rings. The average molecular weight is 492 g/mol. The summed E-state index contributed by atoms with van der Waals surface area (Å²) in [5.74, 6) is -3.50. The Morgan fingerprint density at radius 1 is 1.24 bits per heavy atom. The number of nitrogens with zero attached hydrogens (tertiary/aromatic N) is 3. The number of ketones is 1. The van der Waals surface area contributed by atoms with E-state index >= 15 is 0 Å². The molecule has 0 bridgehead atoms. The monoisotopic (exact) mass is 492 g/mol. The van der Waals surface area contributed by atoms with Crippen molar-refractivity contribution in [3.05, 3.63) is 34.8 Å². The zero-order valence-electron chi connectivity index (χ0n) is 17.8. The third-order valence-electron chi connectivity index (χ3n) is 6.08. The van der Waals surface area contributed by atoms with E-state index in [0.717, 1.165) is 37.0 Å². The van der Waals surface area contributed by atoms with Crippen LogP contribution in [0.3, 0.4) is 0 Å². The number of fused-ring (bicyclic) bond motifs is 3. The molecule has 1 saturated carbocycles. The van der Waals surface area contributed by atoms with Crippen LogP contribution >= 0.6 is 11.3 Å². The summed E-state index contributed by atoms with van der Waals surface area (Å²) in [4.78, 5) is 45.8. The van der Waals surface area contributed by atoms with E-state index in [1.165, 1.54) is 30.5 Å². The van der Waals surface area contributed by atoms with E-state index in [0.29, 0.717) is 9.70 Å². The quantitative estimate of drug-likeness (QED) is 0.468. The molecule has 9 nitrogen and oxygen atoms in total. The number of Topliss-reactive ketones (excluding diaryl/α,β-unsaturated/α-hetero) is 1. The molecule has 2 aromatic heterocycles. The Labute approximate surface area is 194 Å². The molecule has 1 aliphatic carbocycles. The van der Waals surface area contributed by atoms with E-state index in [2.05, 4.69) is 20.6 Å². The lowest BCUT2D eigenvalue weighted by Crippen LogP contribution is -2.63. The minimum atomic E-state index is -5.24. The van der Waals surface area contributed by atoms with Gasteiger partial charge in [0, 0.05) is 17.0 Å². The number of rotatable bonds is 5. The van der Waals surface area contributed by atoms with Gasteiger partial charge in [0.2, 0.25) is 5.95 Å². The van der Waals surface area contributed by atoms with Crippen LogP contribution in [0.1, 0.15) is 53.5 Å². The number of halogens is 3. The molecule has 0 radical (unpaired) electrons. The highest BCUT2D eigenvalue weighted by atomic mass is 32.1. The standard InChI is InChI=1S/C21H19F3N6O3S/c1-10(31)12-7-4-8-14-15(12)27-18-28-17(33)20(30(14)18,21(22,23)24)29-16(32)13-9-34-19(26-13)25-11-5-2-3-6-11/h4,7-9,11H,2-3,5-6H2,1H3,(H,25,26)(H,29,32)(H,27,28,33). The lowest BCUT2D eigenvalue weighted by molar-refractivity contribution is -0.213. The molecule has 1 unspecified atom stereocenters. The number of hydrogen-bond donors (Lipinski definition) is 3. The fourth-order valence-corrected chi connectivity index (χ4v) is 5.23. The first-order valence-corrected chi connectivity index (χ1v) is 11.5. The molecule has 2 aliphatic rings. The Morgan fingerprint density at radius 2 is 1.97 bits per heavy atom. The molecule has 1 aromatic carbocycles. The van der Waals surface area contributed by atoms with Gasteiger partial charge in [0.1, 0.15) is 11.2 Å². The van der Waals surface area contributed by atoms with Crippen molar-refractivity contribution in [1.82, 2.24) is 19.9 Å². The van der Waals surface area contributed by atoms with Gasteiger partial charge in [-0.3, -0.25) is 24.3 Å². The number of carbonyl (C=O) groups is 3. The highest BCUT2D eigenvalue weighted by Gasteiger charge is 2.68. The Hall–Kier alpha value is -3.48. The number of benzene rings is 1. The van der Waals surface area contributed by atoms with E-state index in [4.69, 9.17) is 0 Å². The maximum Gasteiger partial charge on any atom is 0.440 e. The number of nitrogens with one attached hydrogen (secondary N) is 3. The first-order chi connectivity index (χ1) is 16.1. The first-order valence-electron chi connectivity index (χ1n) is 10.6. The predicted molar refractivity (Wildman–Crippen MR) is 118 cm³/mol. The molecule has 1 aliphatic heterocycles. The largest absolute Gasteiger partial charge is 0.440 e. The van der Waals surface area contributed by atoms with Gasteiger partial charge in [-0.05, 0) is 31.9 Å². The van der Waals surface area contributed by atoms with Crippen LogP contribution in [0.15, 0.2) is 23.6 Å². The average Bonchev–Trinajstić information content (AvgIpc) is 3.53. The maximum atomic E-state index is 14.5. The number of para-hydroxylation sites is 1. The van der Waals surface area contributed by atoms with Gasteiger partial charge in [-0.1, -0.05) is 18.9 Å². The topological polar surface area (TPSA) is 118 Å². The molecule has 1 atom stereocenters. The molecule has 13 heteroatoms. The lowest BCUT2D eigenvalue weighted by atomic mass is 10.1. The summed E-state index contributed by atoms with van der Waals surface area (Å²) in [6.07, 6.45) is -1.18. The molecular weight excluding hydrogens is 473 g/mol. The SMILES string of the molecule is CC(=O)c1cccc2c1nc1n2C(NC(=O)c2csc(NC3CCCC3)n2)(C(F)(F)F)C(=O)N1. The number of hydrogen-bond acceptors (Lipinski definition) is 7. The minimum absolute atomic E-state index is 0.00965. The van der Waals surface area contributed by atoms with Gasteiger partial charge in [0.25, 0.3) is 17.5 Å². The molecule has 3 heterocycles. The van der Waals surface area contributed by atoms with Crippen molar-refractivity contribution in [2.24, 2.45) is 0 Å². The Kier molecular flexibility index (Phi) is 5.11. The first kappa shape index (κ1) is 22.3. The maximum absolute atomic E-state index is 14.5. The van der Waals surface area contributed by atoms with Crippen LogP contribution in [-0.4, -0.2) is 44.4 Å². The van der Waals surface area contributed by atoms with Crippen LogP contribution in [0.25, 0.3) is 11.0 Å². The van der Waals surface area contributed by atoms with Gasteiger partial charge < -0.3 is 10.6 Å². The van der Waals surface area contributed by atoms with Gasteiger partial charge >= 0.3 is 6.18 Å². The Balaban J connectivity index is 1.55. The molecule has 1 fully saturated rings. The van der Waals surface area contributed by atoms with Crippen molar-refractivity contribution < 1.29 is 27.6 Å². The van der Waals surface area contributed by atoms with Gasteiger partial charge in [0.05, 0.1) is 5.52 Å². The molecule has 3 N–H and O–H groups in total. The van der Waals surface area contributed by atoms with Crippen LogP contribution in [0.4, 0.5) is 24.3 Å². The van der Waals surface area contributed by atoms with Gasteiger partial charge in [-0.15, -0.1) is 11.3 Å². The minimum Gasteiger partial charge on any atom is -0.359 e. The highest BCUT2D eigenvalue weighted by Crippen LogP contribution is 2.44. The van der Waals surface area contributed by atoms with Crippen LogP contribution in [0.2, 0.25) is 0 Å². The molecule has 34 heavy (non-hydrogen) atoms. The molecule has 2 amide bonds. The Morgan fingerprint density at radius 3 is 2.65 bits per heavy atom. The molecule has 5 rings (SSSR count). The number of thiazole rings is 1. The van der Waals surface area contributed by atoms with E-state index in [1.807, 2.05) is 5.32 Å². The second-order valence-electron chi connectivity index (χ2n) is 8.28. The van der Waals surface area contributed by atoms with Crippen molar-refractivity contribution in [1.29, 1.82) is 0 Å². The second-order valence-corrected chi connectivity index (χ2v) is 9.14. The third kappa shape index (κ3) is 3.33. The zero-order chi connectivity index (χ0) is 24.3. The number of imidazole rings is 1. The second kappa shape index (κ2) is 7.79. The summed E-state index contributed by atoms with van der Waals surface area (Å²) in [5.41, 5.74) is -3.75. The van der Waals surface area contributed by atoms with Crippen LogP contribution in [-0.2, 0) is 10.5 Å². The number of carbonyl (C=O) groups excluding carboxylic acids is 3. The van der Waals surface area contributed by atoms with Crippen LogP contribution in [0, 0.1) is 0 Å². The number of alkyl halides is 3. The number of aromatic nitrogens is 3. The number of anilines is 2.